The summed E-state index contributed by atoms with van der Waals surface area (Å²) in [6.07, 6.45) is 0. The zero-order valence-corrected chi connectivity index (χ0v) is 16.0. The van der Waals surface area contributed by atoms with E-state index < -0.39 is 0 Å². The summed E-state index contributed by atoms with van der Waals surface area (Å²) in [4.78, 5) is 19.8. The average molecular weight is 366 g/mol. The molecule has 0 radical (unpaired) electrons. The Morgan fingerprint density at radius 1 is 1.19 bits per heavy atom. The fourth-order valence-electron chi connectivity index (χ4n) is 3.64. The summed E-state index contributed by atoms with van der Waals surface area (Å²) in [6.45, 7) is 5.51. The van der Waals surface area contributed by atoms with Gasteiger partial charge >= 0.3 is 0 Å². The van der Waals surface area contributed by atoms with E-state index in [-0.39, 0.29) is 11.2 Å². The molecule has 2 heterocycles. The Morgan fingerprint density at radius 3 is 2.69 bits per heavy atom. The molecule has 1 N–H and O–H groups in total. The summed E-state index contributed by atoms with van der Waals surface area (Å²) in [6, 6.07) is 14.3. The van der Waals surface area contributed by atoms with Crippen LogP contribution in [0.4, 0.5) is 0 Å². The fraction of sp³-hybridized carbons (Fsp3) is 0.286. The second-order valence-electron chi connectivity index (χ2n) is 6.33. The first-order valence-corrected chi connectivity index (χ1v) is 9.80. The van der Waals surface area contributed by atoms with Crippen LogP contribution in [0, 0.1) is 0 Å². The number of likely N-dealkylation sites (N-methyl/N-ethyl adjacent to an activating group) is 1. The van der Waals surface area contributed by atoms with E-state index in [4.69, 9.17) is 4.74 Å². The van der Waals surface area contributed by atoms with Gasteiger partial charge in [-0.15, -0.1) is 11.8 Å². The van der Waals surface area contributed by atoms with E-state index in [1.54, 1.807) is 18.9 Å². The summed E-state index contributed by atoms with van der Waals surface area (Å²) >= 11 is 1.64. The number of carbonyl (C=O) groups excluding carboxylic acids is 1. The highest BCUT2D eigenvalue weighted by molar-refractivity contribution is 8.00. The maximum atomic E-state index is 13.3. The van der Waals surface area contributed by atoms with Crippen molar-refractivity contribution in [2.75, 3.05) is 20.2 Å². The van der Waals surface area contributed by atoms with Crippen molar-refractivity contribution >= 4 is 28.6 Å². The Morgan fingerprint density at radius 2 is 1.96 bits per heavy atom. The van der Waals surface area contributed by atoms with Crippen molar-refractivity contribution in [3.05, 3.63) is 48.0 Å². The van der Waals surface area contributed by atoms with Crippen molar-refractivity contribution in [3.8, 4) is 17.0 Å². The molecule has 1 aromatic heterocycles. The Bertz CT molecular complexity index is 975. The summed E-state index contributed by atoms with van der Waals surface area (Å²) in [7, 11) is 1.68. The number of thioether (sulfide) groups is 1. The van der Waals surface area contributed by atoms with Crippen molar-refractivity contribution in [1.29, 1.82) is 0 Å². The van der Waals surface area contributed by atoms with Gasteiger partial charge in [0.15, 0.2) is 0 Å². The number of nitrogens with one attached hydrogen (secondary N) is 1. The molecular formula is C21H22N2O2S. The minimum Gasteiger partial charge on any atom is -0.497 e. The molecule has 0 spiro atoms. The molecule has 3 aromatic rings. The summed E-state index contributed by atoms with van der Waals surface area (Å²) < 4.78 is 5.42. The van der Waals surface area contributed by atoms with Gasteiger partial charge in [-0.3, -0.25) is 4.79 Å². The molecule has 0 aliphatic carbocycles. The van der Waals surface area contributed by atoms with Gasteiger partial charge in [-0.2, -0.15) is 0 Å². The number of fused-ring (bicyclic) bond motifs is 5. The molecule has 1 aliphatic heterocycles. The fourth-order valence-corrected chi connectivity index (χ4v) is 4.94. The maximum absolute atomic E-state index is 13.3. The topological polar surface area (TPSA) is 45.3 Å². The van der Waals surface area contributed by atoms with Gasteiger partial charge in [-0.05, 0) is 38.1 Å². The van der Waals surface area contributed by atoms with Gasteiger partial charge in [0.2, 0.25) is 5.91 Å². The normalized spacial score (nSPS) is 15.4. The van der Waals surface area contributed by atoms with Crippen LogP contribution in [0.15, 0.2) is 47.4 Å². The van der Waals surface area contributed by atoms with Crippen LogP contribution in [-0.4, -0.2) is 36.0 Å². The lowest BCUT2D eigenvalue weighted by Crippen LogP contribution is -2.34. The predicted molar refractivity (Wildman–Crippen MR) is 107 cm³/mol. The molecule has 1 unspecified atom stereocenters. The first-order chi connectivity index (χ1) is 12.7. The lowest BCUT2D eigenvalue weighted by Gasteiger charge is -2.29. The number of carbonyl (C=O) groups is 1. The highest BCUT2D eigenvalue weighted by atomic mass is 32.2. The molecule has 0 saturated heterocycles. The van der Waals surface area contributed by atoms with Crippen LogP contribution in [0.1, 0.15) is 24.7 Å². The number of para-hydroxylation sites is 1. The molecule has 4 nitrogen and oxygen atoms in total. The van der Waals surface area contributed by atoms with Crippen LogP contribution in [0.3, 0.4) is 0 Å². The number of hydrogen-bond acceptors (Lipinski definition) is 3. The summed E-state index contributed by atoms with van der Waals surface area (Å²) in [5, 5.41) is 0.885. The van der Waals surface area contributed by atoms with E-state index in [1.165, 1.54) is 0 Å². The lowest BCUT2D eigenvalue weighted by atomic mass is 10.0. The van der Waals surface area contributed by atoms with Gasteiger partial charge in [0.05, 0.1) is 12.8 Å². The second kappa shape index (κ2) is 6.72. The molecule has 5 heteroatoms. The number of methoxy groups -OCH3 is 1. The van der Waals surface area contributed by atoms with E-state index in [9.17, 15) is 4.79 Å². The van der Waals surface area contributed by atoms with Crippen molar-refractivity contribution in [2.24, 2.45) is 0 Å². The Kier molecular flexibility index (Phi) is 4.41. The Balaban J connectivity index is 1.94. The number of aromatic nitrogens is 1. The van der Waals surface area contributed by atoms with Crippen molar-refractivity contribution in [3.63, 3.8) is 0 Å². The zero-order valence-electron chi connectivity index (χ0n) is 15.2. The molecule has 134 valence electrons. The second-order valence-corrected chi connectivity index (χ2v) is 7.48. The Labute approximate surface area is 157 Å². The number of rotatable bonds is 4. The van der Waals surface area contributed by atoms with E-state index in [0.29, 0.717) is 0 Å². The number of aromatic amines is 1. The minimum atomic E-state index is -0.234. The molecule has 4 rings (SSSR count). The molecule has 0 saturated carbocycles. The van der Waals surface area contributed by atoms with Crippen LogP contribution in [0.5, 0.6) is 5.75 Å². The van der Waals surface area contributed by atoms with Crippen LogP contribution in [0.25, 0.3) is 22.2 Å². The molecule has 0 bridgehead atoms. The SMILES string of the molecule is CCN(CC)C(=O)C1Sc2ccc(OC)cc2-c2[nH]c3ccccc3c21. The molecule has 1 atom stereocenters. The number of ether oxygens (including phenoxy) is 1. The molecule has 2 aromatic carbocycles. The van der Waals surface area contributed by atoms with Crippen LogP contribution < -0.4 is 4.74 Å². The first-order valence-electron chi connectivity index (χ1n) is 8.92. The monoisotopic (exact) mass is 366 g/mol. The number of hydrogen-bond donors (Lipinski definition) is 1. The van der Waals surface area contributed by atoms with Gasteiger partial charge in [0.1, 0.15) is 11.0 Å². The van der Waals surface area contributed by atoms with E-state index >= 15 is 0 Å². The standard InChI is InChI=1S/C21H22N2O2S/c1-4-23(5-2)21(24)20-18-14-8-6-7-9-16(14)22-19(18)15-12-13(25-3)10-11-17(15)26-20/h6-12,20,22H,4-5H2,1-3H3. The maximum Gasteiger partial charge on any atom is 0.240 e. The van der Waals surface area contributed by atoms with E-state index in [1.807, 2.05) is 36.9 Å². The number of amides is 1. The largest absolute Gasteiger partial charge is 0.497 e. The minimum absolute atomic E-state index is 0.174. The van der Waals surface area contributed by atoms with Crippen LogP contribution in [0.2, 0.25) is 0 Å². The molecule has 1 aliphatic rings. The van der Waals surface area contributed by atoms with Crippen LogP contribution >= 0.6 is 11.8 Å². The third-order valence-corrected chi connectivity index (χ3v) is 6.29. The van der Waals surface area contributed by atoms with Gasteiger partial charge in [0.25, 0.3) is 0 Å². The smallest absolute Gasteiger partial charge is 0.240 e. The molecule has 1 amide bonds. The number of H-pyrrole nitrogens is 1. The highest BCUT2D eigenvalue weighted by Gasteiger charge is 2.35. The third-order valence-electron chi connectivity index (χ3n) is 5.01. The van der Waals surface area contributed by atoms with Crippen molar-refractivity contribution < 1.29 is 9.53 Å². The molecule has 0 fully saturated rings. The van der Waals surface area contributed by atoms with E-state index in [2.05, 4.69) is 29.2 Å². The Hall–Kier alpha value is -2.40. The first kappa shape index (κ1) is 17.0. The van der Waals surface area contributed by atoms with Gasteiger partial charge < -0.3 is 14.6 Å². The predicted octanol–water partition coefficient (Wildman–Crippen LogP) is 4.86. The van der Waals surface area contributed by atoms with Gasteiger partial charge in [0, 0.05) is 40.0 Å². The van der Waals surface area contributed by atoms with E-state index in [0.717, 1.165) is 51.5 Å². The average Bonchev–Trinajstić information content (AvgIpc) is 3.07. The zero-order chi connectivity index (χ0) is 18.3. The third kappa shape index (κ3) is 2.58. The van der Waals surface area contributed by atoms with Gasteiger partial charge in [-0.25, -0.2) is 0 Å². The molecular weight excluding hydrogens is 344 g/mol. The summed E-state index contributed by atoms with van der Waals surface area (Å²) in [5.41, 5.74) is 4.28. The number of benzene rings is 2. The van der Waals surface area contributed by atoms with Crippen LogP contribution in [-0.2, 0) is 4.79 Å². The van der Waals surface area contributed by atoms with Gasteiger partial charge in [-0.1, -0.05) is 18.2 Å². The number of nitrogens with zero attached hydrogens (tertiary/aromatic N) is 1. The van der Waals surface area contributed by atoms with Crippen molar-refractivity contribution in [2.45, 2.75) is 24.0 Å². The highest BCUT2D eigenvalue weighted by Crippen LogP contribution is 2.52. The van der Waals surface area contributed by atoms with Crippen molar-refractivity contribution in [1.82, 2.24) is 9.88 Å². The molecule has 26 heavy (non-hydrogen) atoms. The summed E-state index contributed by atoms with van der Waals surface area (Å²) in [5.74, 6) is 0.995. The quantitative estimate of drug-likeness (QED) is 0.717. The lowest BCUT2D eigenvalue weighted by molar-refractivity contribution is -0.130.